The molecule has 0 spiro atoms. The molecule has 26 heavy (non-hydrogen) atoms. The second-order valence-electron chi connectivity index (χ2n) is 8.95. The lowest BCUT2D eigenvalue weighted by Crippen LogP contribution is -2.68. The van der Waals surface area contributed by atoms with Crippen molar-refractivity contribution in [3.63, 3.8) is 0 Å². The van der Waals surface area contributed by atoms with Crippen LogP contribution in [0.15, 0.2) is 60.7 Å². The van der Waals surface area contributed by atoms with Crippen LogP contribution >= 0.6 is 0 Å². The lowest BCUT2D eigenvalue weighted by atomic mass is 9.88. The summed E-state index contributed by atoms with van der Waals surface area (Å²) in [7, 11) is -2.58. The SMILES string of the molecule is CC1(C)C(=O)CC[C@@H]1O[Si](c1ccccc1)(c1ccccc1)C(C)(C)C. The normalized spacial score (nSPS) is 20.3. The Balaban J connectivity index is 2.20. The first-order valence-corrected chi connectivity index (χ1v) is 11.4. The minimum atomic E-state index is -2.58. The average molecular weight is 367 g/mol. The predicted molar refractivity (Wildman–Crippen MR) is 111 cm³/mol. The zero-order valence-electron chi connectivity index (χ0n) is 16.6. The molecule has 0 N–H and O–H groups in total. The van der Waals surface area contributed by atoms with Gasteiger partial charge in [-0.2, -0.15) is 0 Å². The Morgan fingerprint density at radius 2 is 1.38 bits per heavy atom. The molecule has 2 aromatic carbocycles. The molecule has 1 atom stereocenters. The maximum atomic E-state index is 12.5. The molecule has 1 fully saturated rings. The van der Waals surface area contributed by atoms with Crippen molar-refractivity contribution in [3.8, 4) is 0 Å². The summed E-state index contributed by atoms with van der Waals surface area (Å²) in [5.74, 6) is 0.320. The van der Waals surface area contributed by atoms with Gasteiger partial charge in [-0.25, -0.2) is 0 Å². The van der Waals surface area contributed by atoms with E-state index < -0.39 is 13.7 Å². The van der Waals surface area contributed by atoms with E-state index in [-0.39, 0.29) is 11.1 Å². The van der Waals surface area contributed by atoms with Crippen molar-refractivity contribution < 1.29 is 9.22 Å². The molecule has 138 valence electrons. The number of rotatable bonds is 4. The number of Topliss-reactive ketones (excluding diaryl/α,β-unsaturated/α-hetero) is 1. The first-order chi connectivity index (χ1) is 12.2. The molecular formula is C23H30O2Si. The summed E-state index contributed by atoms with van der Waals surface area (Å²) >= 11 is 0. The summed E-state index contributed by atoms with van der Waals surface area (Å²) in [5.41, 5.74) is -0.424. The highest BCUT2D eigenvalue weighted by molar-refractivity contribution is 6.99. The van der Waals surface area contributed by atoms with Gasteiger partial charge in [0.05, 0.1) is 6.10 Å². The number of hydrogen-bond donors (Lipinski definition) is 0. The van der Waals surface area contributed by atoms with Gasteiger partial charge in [-0.1, -0.05) is 95.3 Å². The van der Waals surface area contributed by atoms with E-state index in [1.807, 2.05) is 13.8 Å². The Bertz CT molecular complexity index is 720. The van der Waals surface area contributed by atoms with Crippen molar-refractivity contribution in [1.29, 1.82) is 0 Å². The standard InChI is InChI=1S/C23H30O2Si/c1-22(2,3)26(18-12-8-6-9-13-18,19-14-10-7-11-15-19)25-21-17-16-20(24)23(21,4)5/h6-15,21H,16-17H2,1-5H3/t21-/m0/s1. The van der Waals surface area contributed by atoms with Crippen molar-refractivity contribution in [2.75, 3.05) is 0 Å². The third-order valence-electron chi connectivity index (χ3n) is 5.89. The Morgan fingerprint density at radius 3 is 1.73 bits per heavy atom. The van der Waals surface area contributed by atoms with E-state index in [1.165, 1.54) is 10.4 Å². The fourth-order valence-corrected chi connectivity index (χ4v) is 9.09. The molecule has 1 aliphatic rings. The number of carbonyl (C=O) groups excluding carboxylic acids is 1. The molecule has 0 aliphatic heterocycles. The van der Waals surface area contributed by atoms with Crippen molar-refractivity contribution in [1.82, 2.24) is 0 Å². The fourth-order valence-electron chi connectivity index (χ4n) is 4.24. The van der Waals surface area contributed by atoms with Gasteiger partial charge in [0.25, 0.3) is 8.32 Å². The van der Waals surface area contributed by atoms with E-state index in [0.29, 0.717) is 12.2 Å². The second-order valence-corrected chi connectivity index (χ2v) is 13.2. The van der Waals surface area contributed by atoms with Gasteiger partial charge >= 0.3 is 0 Å². The molecule has 0 heterocycles. The fraction of sp³-hybridized carbons (Fsp3) is 0.435. The summed E-state index contributed by atoms with van der Waals surface area (Å²) in [6, 6.07) is 21.3. The van der Waals surface area contributed by atoms with Gasteiger partial charge in [0, 0.05) is 11.8 Å². The van der Waals surface area contributed by atoms with Crippen LogP contribution in [-0.2, 0) is 9.22 Å². The first kappa shape index (κ1) is 19.1. The van der Waals surface area contributed by atoms with E-state index in [0.717, 1.165) is 6.42 Å². The number of ketones is 1. The topological polar surface area (TPSA) is 26.3 Å². The highest BCUT2D eigenvalue weighted by Crippen LogP contribution is 2.43. The molecule has 2 nitrogen and oxygen atoms in total. The maximum absolute atomic E-state index is 12.5. The average Bonchev–Trinajstić information content (AvgIpc) is 2.86. The van der Waals surface area contributed by atoms with Crippen molar-refractivity contribution in [3.05, 3.63) is 60.7 Å². The lowest BCUT2D eigenvalue weighted by molar-refractivity contribution is -0.126. The second kappa shape index (κ2) is 6.79. The largest absolute Gasteiger partial charge is 0.403 e. The van der Waals surface area contributed by atoms with Gasteiger partial charge < -0.3 is 4.43 Å². The quantitative estimate of drug-likeness (QED) is 0.753. The summed E-state index contributed by atoms with van der Waals surface area (Å²) in [6.45, 7) is 10.9. The van der Waals surface area contributed by atoms with Crippen LogP contribution in [0.4, 0.5) is 0 Å². The zero-order valence-corrected chi connectivity index (χ0v) is 17.6. The molecule has 0 aromatic heterocycles. The molecule has 3 rings (SSSR count). The highest BCUT2D eigenvalue weighted by Gasteiger charge is 2.55. The molecule has 1 aliphatic carbocycles. The van der Waals surface area contributed by atoms with Crippen LogP contribution in [0.1, 0.15) is 47.5 Å². The molecule has 2 aromatic rings. The van der Waals surface area contributed by atoms with E-state index in [1.54, 1.807) is 0 Å². The highest BCUT2D eigenvalue weighted by atomic mass is 28.4. The van der Waals surface area contributed by atoms with E-state index in [4.69, 9.17) is 4.43 Å². The van der Waals surface area contributed by atoms with E-state index in [9.17, 15) is 4.79 Å². The van der Waals surface area contributed by atoms with Crippen molar-refractivity contribution in [2.45, 2.75) is 58.6 Å². The monoisotopic (exact) mass is 366 g/mol. The number of benzene rings is 2. The molecule has 0 unspecified atom stereocenters. The Morgan fingerprint density at radius 1 is 0.923 bits per heavy atom. The van der Waals surface area contributed by atoms with Crippen LogP contribution < -0.4 is 10.4 Å². The van der Waals surface area contributed by atoms with Gasteiger partial charge in [0.15, 0.2) is 0 Å². The van der Waals surface area contributed by atoms with Crippen LogP contribution in [0.25, 0.3) is 0 Å². The predicted octanol–water partition coefficient (Wildman–Crippen LogP) is 4.32. The van der Waals surface area contributed by atoms with E-state index >= 15 is 0 Å². The lowest BCUT2D eigenvalue weighted by Gasteiger charge is -2.46. The summed E-state index contributed by atoms with van der Waals surface area (Å²) in [5, 5.41) is 2.49. The van der Waals surface area contributed by atoms with E-state index in [2.05, 4.69) is 81.4 Å². The third-order valence-corrected chi connectivity index (χ3v) is 10.9. The van der Waals surface area contributed by atoms with Crippen LogP contribution in [0.2, 0.25) is 5.04 Å². The van der Waals surface area contributed by atoms with Crippen LogP contribution in [0.5, 0.6) is 0 Å². The van der Waals surface area contributed by atoms with Crippen molar-refractivity contribution in [2.24, 2.45) is 5.41 Å². The smallest absolute Gasteiger partial charge is 0.261 e. The summed E-state index contributed by atoms with van der Waals surface area (Å²) in [6.07, 6.45) is 1.40. The van der Waals surface area contributed by atoms with Gasteiger partial charge in [0.2, 0.25) is 0 Å². The van der Waals surface area contributed by atoms with Crippen molar-refractivity contribution >= 4 is 24.5 Å². The van der Waals surface area contributed by atoms with Gasteiger partial charge in [-0.3, -0.25) is 4.79 Å². The minimum Gasteiger partial charge on any atom is -0.403 e. The van der Waals surface area contributed by atoms with Gasteiger partial charge in [-0.05, 0) is 21.8 Å². The molecule has 0 bridgehead atoms. The van der Waals surface area contributed by atoms with Gasteiger partial charge in [0.1, 0.15) is 5.78 Å². The molecule has 3 heteroatoms. The molecule has 1 saturated carbocycles. The number of hydrogen-bond acceptors (Lipinski definition) is 2. The summed E-state index contributed by atoms with van der Waals surface area (Å²) in [4.78, 5) is 12.5. The van der Waals surface area contributed by atoms with Crippen LogP contribution in [-0.4, -0.2) is 20.2 Å². The zero-order chi connectivity index (χ0) is 19.0. The molecular weight excluding hydrogens is 336 g/mol. The first-order valence-electron chi connectivity index (χ1n) is 9.52. The van der Waals surface area contributed by atoms with Gasteiger partial charge in [-0.15, -0.1) is 0 Å². The molecule has 0 radical (unpaired) electrons. The third kappa shape index (κ3) is 3.08. The van der Waals surface area contributed by atoms with Crippen LogP contribution in [0, 0.1) is 5.41 Å². The number of carbonyl (C=O) groups is 1. The Kier molecular flexibility index (Phi) is 4.97. The molecule has 0 saturated heterocycles. The Hall–Kier alpha value is -1.71. The maximum Gasteiger partial charge on any atom is 0.261 e. The molecule has 0 amide bonds. The Labute approximate surface area is 158 Å². The van der Waals surface area contributed by atoms with Crippen LogP contribution in [0.3, 0.4) is 0 Å². The summed E-state index contributed by atoms with van der Waals surface area (Å²) < 4.78 is 7.14. The minimum absolute atomic E-state index is 0.0405.